The van der Waals surface area contributed by atoms with Crippen molar-refractivity contribution in [3.05, 3.63) is 70.7 Å². The first-order valence-electron chi connectivity index (χ1n) is 10.8. The molecule has 174 valence electrons. The Hall–Kier alpha value is -3.71. The maximum Gasteiger partial charge on any atom is 0.188 e. The molecule has 1 N–H and O–H groups in total. The van der Waals surface area contributed by atoms with Gasteiger partial charge in [-0.25, -0.2) is 4.98 Å². The molecule has 2 heterocycles. The van der Waals surface area contributed by atoms with Crippen LogP contribution in [-0.2, 0) is 0 Å². The number of rotatable bonds is 8. The highest BCUT2D eigenvalue weighted by Crippen LogP contribution is 2.36. The number of pyridine rings is 1. The Labute approximate surface area is 201 Å². The summed E-state index contributed by atoms with van der Waals surface area (Å²) < 4.78 is 11.6. The molecule has 2 aromatic heterocycles. The van der Waals surface area contributed by atoms with Crippen LogP contribution in [0.5, 0.6) is 17.2 Å². The maximum absolute atomic E-state index is 13.2. The van der Waals surface area contributed by atoms with Gasteiger partial charge in [0, 0.05) is 38.9 Å². The molecule has 1 unspecified atom stereocenters. The summed E-state index contributed by atoms with van der Waals surface area (Å²) in [4.78, 5) is 30.5. The van der Waals surface area contributed by atoms with Gasteiger partial charge in [0.1, 0.15) is 11.4 Å². The second kappa shape index (κ2) is 9.65. The molecule has 0 fully saturated rings. The van der Waals surface area contributed by atoms with Crippen LogP contribution in [0.25, 0.3) is 21.3 Å². The van der Waals surface area contributed by atoms with Crippen molar-refractivity contribution in [2.75, 3.05) is 14.2 Å². The number of Topliss-reactive ketones (excluding diaryl/α,β-unsaturated/α-hetero) is 2. The lowest BCUT2D eigenvalue weighted by atomic mass is 9.93. The summed E-state index contributed by atoms with van der Waals surface area (Å²) in [7, 11) is 3.02. The van der Waals surface area contributed by atoms with Gasteiger partial charge in [0.15, 0.2) is 23.1 Å². The van der Waals surface area contributed by atoms with Gasteiger partial charge < -0.3 is 14.6 Å². The van der Waals surface area contributed by atoms with Gasteiger partial charge in [-0.3, -0.25) is 9.59 Å². The number of carbonyl (C=O) groups excluding carboxylic acids is 2. The number of fused-ring (bicyclic) bond motifs is 1. The van der Waals surface area contributed by atoms with E-state index in [-0.39, 0.29) is 29.4 Å². The van der Waals surface area contributed by atoms with Crippen molar-refractivity contribution in [3.63, 3.8) is 0 Å². The highest BCUT2D eigenvalue weighted by Gasteiger charge is 2.24. The second-order valence-electron chi connectivity index (χ2n) is 8.13. The van der Waals surface area contributed by atoms with Gasteiger partial charge in [0.2, 0.25) is 0 Å². The molecule has 4 aromatic rings. The first kappa shape index (κ1) is 23.4. The Kier molecular flexibility index (Phi) is 6.65. The molecule has 0 spiro atoms. The van der Waals surface area contributed by atoms with E-state index in [2.05, 4.69) is 18.0 Å². The van der Waals surface area contributed by atoms with Gasteiger partial charge >= 0.3 is 0 Å². The summed E-state index contributed by atoms with van der Waals surface area (Å²) in [5.74, 6) is -0.505. The molecule has 1 atom stereocenters. The first-order valence-corrected chi connectivity index (χ1v) is 11.7. The van der Waals surface area contributed by atoms with Crippen LogP contribution in [-0.4, -0.2) is 35.9 Å². The van der Waals surface area contributed by atoms with Crippen molar-refractivity contribution in [2.45, 2.75) is 20.3 Å². The zero-order valence-electron chi connectivity index (χ0n) is 19.4. The predicted octanol–water partition coefficient (Wildman–Crippen LogP) is 6.09. The van der Waals surface area contributed by atoms with E-state index >= 15 is 0 Å². The van der Waals surface area contributed by atoms with Crippen LogP contribution >= 0.6 is 11.3 Å². The minimum absolute atomic E-state index is 0.0275. The van der Waals surface area contributed by atoms with Gasteiger partial charge in [0.25, 0.3) is 0 Å². The normalized spacial score (nSPS) is 11.9. The zero-order chi connectivity index (χ0) is 24.4. The maximum atomic E-state index is 13.2. The lowest BCUT2D eigenvalue weighted by Crippen LogP contribution is -2.17. The average Bonchev–Trinajstić information content (AvgIpc) is 3.29. The van der Waals surface area contributed by atoms with Crippen molar-refractivity contribution in [1.29, 1.82) is 0 Å². The van der Waals surface area contributed by atoms with Crippen molar-refractivity contribution < 1.29 is 24.2 Å². The summed E-state index contributed by atoms with van der Waals surface area (Å²) in [6.45, 7) is 3.72. The van der Waals surface area contributed by atoms with Crippen LogP contribution in [0.1, 0.15) is 39.8 Å². The highest BCUT2D eigenvalue weighted by atomic mass is 32.1. The second-order valence-corrected chi connectivity index (χ2v) is 9.01. The standard InChI is InChI=1S/C27H25NO5S/c1-15-6-5-7-18-19(14-34-27(15)18)20-9-10-21(29)25(28-20)26(31)16(2)12-22(30)17-8-11-23(32-3)24(13-17)33-4/h5-11,13-14,16,29H,12H2,1-4H3. The molecular weight excluding hydrogens is 450 g/mol. The van der Waals surface area contributed by atoms with E-state index in [1.54, 1.807) is 42.5 Å². The first-order chi connectivity index (χ1) is 16.3. The van der Waals surface area contributed by atoms with Crippen molar-refractivity contribution in [3.8, 4) is 28.5 Å². The Balaban J connectivity index is 1.59. The van der Waals surface area contributed by atoms with Crippen LogP contribution in [0.4, 0.5) is 0 Å². The fraction of sp³-hybridized carbons (Fsp3) is 0.222. The third-order valence-electron chi connectivity index (χ3n) is 5.82. The van der Waals surface area contributed by atoms with Gasteiger partial charge in [-0.1, -0.05) is 25.1 Å². The van der Waals surface area contributed by atoms with E-state index in [9.17, 15) is 14.7 Å². The molecule has 0 aliphatic rings. The molecule has 0 radical (unpaired) electrons. The monoisotopic (exact) mass is 475 g/mol. The lowest BCUT2D eigenvalue weighted by molar-refractivity contribution is 0.0857. The number of methoxy groups -OCH3 is 2. The Morgan fingerprint density at radius 3 is 2.56 bits per heavy atom. The zero-order valence-corrected chi connectivity index (χ0v) is 20.2. The highest BCUT2D eigenvalue weighted by molar-refractivity contribution is 7.18. The quantitative estimate of drug-likeness (QED) is 0.311. The topological polar surface area (TPSA) is 85.7 Å². The van der Waals surface area contributed by atoms with E-state index in [4.69, 9.17) is 9.47 Å². The van der Waals surface area contributed by atoms with Gasteiger partial charge in [0.05, 0.1) is 19.9 Å². The molecule has 0 aliphatic carbocycles. The number of aryl methyl sites for hydroxylation is 1. The Morgan fingerprint density at radius 2 is 1.82 bits per heavy atom. The van der Waals surface area contributed by atoms with Crippen LogP contribution in [0, 0.1) is 12.8 Å². The molecular formula is C27H25NO5S. The molecule has 0 amide bonds. The number of aromatic hydroxyl groups is 1. The number of ether oxygens (including phenoxy) is 2. The minimum Gasteiger partial charge on any atom is -0.506 e. The number of benzene rings is 2. The van der Waals surface area contributed by atoms with E-state index in [0.717, 1.165) is 15.6 Å². The largest absolute Gasteiger partial charge is 0.506 e. The fourth-order valence-electron chi connectivity index (χ4n) is 3.92. The molecule has 0 aliphatic heterocycles. The van der Waals surface area contributed by atoms with E-state index in [0.29, 0.717) is 22.8 Å². The van der Waals surface area contributed by atoms with Gasteiger partial charge in [-0.2, -0.15) is 0 Å². The van der Waals surface area contributed by atoms with Crippen molar-refractivity contribution in [2.24, 2.45) is 5.92 Å². The number of nitrogens with zero attached hydrogens (tertiary/aromatic N) is 1. The van der Waals surface area contributed by atoms with Crippen LogP contribution in [0.3, 0.4) is 0 Å². The number of thiophene rings is 1. The summed E-state index contributed by atoms with van der Waals surface area (Å²) >= 11 is 1.62. The fourth-order valence-corrected chi connectivity index (χ4v) is 4.96. The third-order valence-corrected chi connectivity index (χ3v) is 6.96. The number of aromatic nitrogens is 1. The number of carbonyl (C=O) groups is 2. The average molecular weight is 476 g/mol. The minimum atomic E-state index is -0.671. The molecule has 2 aromatic carbocycles. The summed E-state index contributed by atoms with van der Waals surface area (Å²) in [5, 5.41) is 13.5. The van der Waals surface area contributed by atoms with Gasteiger partial charge in [-0.05, 0) is 42.8 Å². The smallest absolute Gasteiger partial charge is 0.188 e. The molecule has 4 rings (SSSR count). The van der Waals surface area contributed by atoms with E-state index in [1.807, 2.05) is 17.5 Å². The SMILES string of the molecule is COc1ccc(C(=O)CC(C)C(=O)c2nc(-c3csc4c(C)cccc34)ccc2O)cc1OC. The third kappa shape index (κ3) is 4.39. The van der Waals surface area contributed by atoms with Crippen molar-refractivity contribution >= 4 is 33.0 Å². The number of hydrogen-bond donors (Lipinski definition) is 1. The van der Waals surface area contributed by atoms with Crippen molar-refractivity contribution in [1.82, 2.24) is 4.98 Å². The number of ketones is 2. The van der Waals surface area contributed by atoms with Crippen LogP contribution < -0.4 is 9.47 Å². The van der Waals surface area contributed by atoms with Crippen LogP contribution in [0.2, 0.25) is 0 Å². The van der Waals surface area contributed by atoms with E-state index in [1.165, 1.54) is 25.8 Å². The summed E-state index contributed by atoms with van der Waals surface area (Å²) in [5.41, 5.74) is 3.08. The summed E-state index contributed by atoms with van der Waals surface area (Å²) in [6, 6.07) is 14.1. The molecule has 0 bridgehead atoms. The van der Waals surface area contributed by atoms with Gasteiger partial charge in [-0.15, -0.1) is 11.3 Å². The molecule has 7 heteroatoms. The predicted molar refractivity (Wildman–Crippen MR) is 133 cm³/mol. The molecule has 34 heavy (non-hydrogen) atoms. The Bertz CT molecular complexity index is 1390. The number of hydrogen-bond acceptors (Lipinski definition) is 7. The molecule has 0 saturated heterocycles. The Morgan fingerprint density at radius 1 is 1.06 bits per heavy atom. The summed E-state index contributed by atoms with van der Waals surface area (Å²) in [6.07, 6.45) is -0.0275. The van der Waals surface area contributed by atoms with E-state index < -0.39 is 5.92 Å². The molecule has 0 saturated carbocycles. The lowest BCUT2D eigenvalue weighted by Gasteiger charge is -2.13. The molecule has 6 nitrogen and oxygen atoms in total. The van der Waals surface area contributed by atoms with Crippen LogP contribution in [0.15, 0.2) is 53.9 Å².